The predicted octanol–water partition coefficient (Wildman–Crippen LogP) is 2.34. The van der Waals surface area contributed by atoms with Crippen LogP contribution in [-0.4, -0.2) is 20.2 Å². The number of hydrogen-bond acceptors (Lipinski definition) is 2. The predicted molar refractivity (Wildman–Crippen MR) is 71.4 cm³/mol. The quantitative estimate of drug-likeness (QED) is 0.881. The molecule has 1 aromatic rings. The molecule has 1 heterocycles. The van der Waals surface area contributed by atoms with Crippen molar-refractivity contribution in [3.63, 3.8) is 0 Å². The lowest BCUT2D eigenvalue weighted by atomic mass is 10.1. The summed E-state index contributed by atoms with van der Waals surface area (Å²) in [6.45, 7) is 4.59. The number of hydrogen-bond donors (Lipinski definition) is 1. The van der Waals surface area contributed by atoms with Gasteiger partial charge in [-0.25, -0.2) is 13.1 Å². The van der Waals surface area contributed by atoms with E-state index in [0.29, 0.717) is 13.0 Å². The number of nitrogens with one attached hydrogen (secondary N) is 1. The van der Waals surface area contributed by atoms with Gasteiger partial charge in [0.1, 0.15) is 0 Å². The van der Waals surface area contributed by atoms with E-state index in [1.54, 1.807) is 0 Å². The fourth-order valence-electron chi connectivity index (χ4n) is 1.91. The van der Waals surface area contributed by atoms with Crippen molar-refractivity contribution in [2.45, 2.75) is 38.4 Å². The Morgan fingerprint density at radius 1 is 1.24 bits per heavy atom. The van der Waals surface area contributed by atoms with Crippen LogP contribution in [0.15, 0.2) is 30.3 Å². The highest BCUT2D eigenvalue weighted by atomic mass is 32.2. The van der Waals surface area contributed by atoms with E-state index in [1.165, 1.54) is 0 Å². The fourth-order valence-corrected chi connectivity index (χ4v) is 3.46. The normalized spacial score (nSPS) is 22.4. The Balaban J connectivity index is 0.000000686. The smallest absolute Gasteiger partial charge is 0.214 e. The summed E-state index contributed by atoms with van der Waals surface area (Å²) >= 11 is 0. The van der Waals surface area contributed by atoms with Crippen molar-refractivity contribution in [2.75, 3.05) is 6.54 Å². The van der Waals surface area contributed by atoms with Gasteiger partial charge in [-0.05, 0) is 24.8 Å². The number of rotatable bonds is 2. The first-order chi connectivity index (χ1) is 8.18. The highest BCUT2D eigenvalue weighted by Gasteiger charge is 2.28. The first-order valence-corrected chi connectivity index (χ1v) is 7.75. The number of sulfonamides is 1. The molecular formula is C13H21NO2S. The summed E-state index contributed by atoms with van der Waals surface area (Å²) in [6, 6.07) is 9.78. The highest BCUT2D eigenvalue weighted by Crippen LogP contribution is 2.17. The van der Waals surface area contributed by atoms with Gasteiger partial charge in [0, 0.05) is 6.54 Å². The third-order valence-corrected chi connectivity index (χ3v) is 4.64. The second kappa shape index (κ2) is 6.77. The van der Waals surface area contributed by atoms with Gasteiger partial charge in [-0.1, -0.05) is 44.2 Å². The molecule has 0 aliphatic carbocycles. The molecule has 3 nitrogen and oxygen atoms in total. The summed E-state index contributed by atoms with van der Waals surface area (Å²) < 4.78 is 26.0. The molecule has 1 saturated heterocycles. The molecule has 0 radical (unpaired) electrons. The lowest BCUT2D eigenvalue weighted by molar-refractivity contribution is 0.523. The minimum Gasteiger partial charge on any atom is -0.215 e. The molecule has 2 rings (SSSR count). The summed E-state index contributed by atoms with van der Waals surface area (Å²) in [4.78, 5) is 0. The van der Waals surface area contributed by atoms with Crippen molar-refractivity contribution >= 4 is 10.0 Å². The Bertz CT molecular complexity index is 414. The van der Waals surface area contributed by atoms with Gasteiger partial charge in [0.25, 0.3) is 0 Å². The summed E-state index contributed by atoms with van der Waals surface area (Å²) in [7, 11) is -3.07. The van der Waals surface area contributed by atoms with Gasteiger partial charge in [0.05, 0.1) is 5.25 Å². The molecule has 0 aromatic heterocycles. The molecule has 0 spiro atoms. The fraction of sp³-hybridized carbons (Fsp3) is 0.538. The Hall–Kier alpha value is -0.870. The monoisotopic (exact) mass is 255 g/mol. The van der Waals surface area contributed by atoms with Gasteiger partial charge in [0.2, 0.25) is 10.0 Å². The maximum atomic E-state index is 11.7. The number of benzene rings is 1. The lowest BCUT2D eigenvalue weighted by Crippen LogP contribution is -2.40. The first-order valence-electron chi connectivity index (χ1n) is 6.21. The maximum absolute atomic E-state index is 11.7. The average Bonchev–Trinajstić information content (AvgIpc) is 2.36. The molecule has 96 valence electrons. The molecule has 1 N–H and O–H groups in total. The van der Waals surface area contributed by atoms with E-state index in [0.717, 1.165) is 18.4 Å². The van der Waals surface area contributed by atoms with Crippen LogP contribution in [-0.2, 0) is 16.4 Å². The van der Waals surface area contributed by atoms with E-state index in [9.17, 15) is 8.42 Å². The molecular weight excluding hydrogens is 234 g/mol. The average molecular weight is 255 g/mol. The van der Waals surface area contributed by atoms with Crippen molar-refractivity contribution in [3.05, 3.63) is 35.9 Å². The lowest BCUT2D eigenvalue weighted by Gasteiger charge is -2.22. The van der Waals surface area contributed by atoms with E-state index in [2.05, 4.69) is 4.72 Å². The van der Waals surface area contributed by atoms with Gasteiger partial charge in [-0.2, -0.15) is 0 Å². The van der Waals surface area contributed by atoms with Crippen LogP contribution in [0.2, 0.25) is 0 Å². The van der Waals surface area contributed by atoms with Crippen LogP contribution in [0.5, 0.6) is 0 Å². The van der Waals surface area contributed by atoms with Crippen molar-refractivity contribution in [3.8, 4) is 0 Å². The standard InChI is InChI=1S/C11H15NO2S.C2H6/c13-15(14)11(7-4-8-12-15)9-10-5-2-1-3-6-10;1-2/h1-3,5-6,11-12H,4,7-9H2;1-2H3. The largest absolute Gasteiger partial charge is 0.215 e. The van der Waals surface area contributed by atoms with Gasteiger partial charge in [-0.3, -0.25) is 0 Å². The molecule has 0 bridgehead atoms. The van der Waals surface area contributed by atoms with Crippen LogP contribution < -0.4 is 4.72 Å². The zero-order valence-corrected chi connectivity index (χ0v) is 11.3. The molecule has 17 heavy (non-hydrogen) atoms. The second-order valence-electron chi connectivity index (χ2n) is 3.89. The first kappa shape index (κ1) is 14.2. The molecule has 0 amide bonds. The second-order valence-corrected chi connectivity index (χ2v) is 5.94. The molecule has 1 atom stereocenters. The van der Waals surface area contributed by atoms with E-state index < -0.39 is 10.0 Å². The van der Waals surface area contributed by atoms with Crippen molar-refractivity contribution < 1.29 is 8.42 Å². The third kappa shape index (κ3) is 4.13. The molecule has 1 fully saturated rings. The molecule has 1 unspecified atom stereocenters. The Labute approximate surface area is 104 Å². The van der Waals surface area contributed by atoms with E-state index in [1.807, 2.05) is 44.2 Å². The van der Waals surface area contributed by atoms with Crippen LogP contribution in [0.1, 0.15) is 32.3 Å². The van der Waals surface area contributed by atoms with Crippen molar-refractivity contribution in [2.24, 2.45) is 0 Å². The zero-order chi connectivity index (χ0) is 12.7. The van der Waals surface area contributed by atoms with Crippen LogP contribution in [0.4, 0.5) is 0 Å². The Morgan fingerprint density at radius 2 is 1.88 bits per heavy atom. The highest BCUT2D eigenvalue weighted by molar-refractivity contribution is 7.90. The van der Waals surface area contributed by atoms with Crippen LogP contribution in [0.25, 0.3) is 0 Å². The maximum Gasteiger partial charge on any atom is 0.214 e. The van der Waals surface area contributed by atoms with E-state index >= 15 is 0 Å². The van der Waals surface area contributed by atoms with Gasteiger partial charge in [-0.15, -0.1) is 0 Å². The molecule has 0 saturated carbocycles. The third-order valence-electron chi connectivity index (χ3n) is 2.75. The Kier molecular flexibility index (Phi) is 5.65. The summed E-state index contributed by atoms with van der Waals surface area (Å²) in [5.41, 5.74) is 1.09. The van der Waals surface area contributed by atoms with Crippen molar-refractivity contribution in [1.29, 1.82) is 0 Å². The molecule has 1 aliphatic heterocycles. The van der Waals surface area contributed by atoms with Crippen LogP contribution >= 0.6 is 0 Å². The zero-order valence-electron chi connectivity index (χ0n) is 10.5. The summed E-state index contributed by atoms with van der Waals surface area (Å²) in [6.07, 6.45) is 2.33. The summed E-state index contributed by atoms with van der Waals surface area (Å²) in [5, 5.41) is -0.256. The van der Waals surface area contributed by atoms with Crippen molar-refractivity contribution in [1.82, 2.24) is 4.72 Å². The SMILES string of the molecule is CC.O=S1(=O)NCCCC1Cc1ccccc1. The Morgan fingerprint density at radius 3 is 2.47 bits per heavy atom. The summed E-state index contributed by atoms with van der Waals surface area (Å²) in [5.74, 6) is 0. The molecule has 1 aromatic carbocycles. The van der Waals surface area contributed by atoms with Crippen LogP contribution in [0.3, 0.4) is 0 Å². The van der Waals surface area contributed by atoms with Gasteiger partial charge in [0.15, 0.2) is 0 Å². The van der Waals surface area contributed by atoms with Gasteiger partial charge >= 0.3 is 0 Å². The van der Waals surface area contributed by atoms with Gasteiger partial charge < -0.3 is 0 Å². The van der Waals surface area contributed by atoms with E-state index in [-0.39, 0.29) is 5.25 Å². The van der Waals surface area contributed by atoms with Crippen LogP contribution in [0, 0.1) is 0 Å². The molecule has 4 heteroatoms. The molecule has 1 aliphatic rings. The minimum absolute atomic E-state index is 0.256. The minimum atomic E-state index is -3.07. The van der Waals surface area contributed by atoms with E-state index in [4.69, 9.17) is 0 Å². The topological polar surface area (TPSA) is 46.2 Å².